The van der Waals surface area contributed by atoms with Gasteiger partial charge in [-0.1, -0.05) is 72.8 Å². The van der Waals surface area contributed by atoms with E-state index < -0.39 is 0 Å². The molecule has 0 unspecified atom stereocenters. The van der Waals surface area contributed by atoms with E-state index in [9.17, 15) is 9.90 Å². The van der Waals surface area contributed by atoms with Crippen LogP contribution in [0.2, 0.25) is 0 Å². The van der Waals surface area contributed by atoms with Gasteiger partial charge >= 0.3 is 0 Å². The first kappa shape index (κ1) is 21.6. The molecule has 0 bridgehead atoms. The molecule has 0 aliphatic rings. The molecule has 1 amide bonds. The lowest BCUT2D eigenvalue weighted by Gasteiger charge is -2.08. The number of para-hydroxylation sites is 1. The van der Waals surface area contributed by atoms with Crippen molar-refractivity contribution in [2.45, 2.75) is 4.90 Å². The highest BCUT2D eigenvalue weighted by Crippen LogP contribution is 2.40. The van der Waals surface area contributed by atoms with Gasteiger partial charge in [-0.25, -0.2) is 4.98 Å². The van der Waals surface area contributed by atoms with Gasteiger partial charge in [-0.3, -0.25) is 10.1 Å². The Morgan fingerprint density at radius 2 is 1.32 bits per heavy atom. The Hall–Kier alpha value is -4.29. The third kappa shape index (κ3) is 4.19. The zero-order chi connectivity index (χ0) is 23.5. The fourth-order valence-electron chi connectivity index (χ4n) is 3.75. The fourth-order valence-corrected chi connectivity index (χ4v) is 4.01. The molecule has 166 valence electrons. The summed E-state index contributed by atoms with van der Waals surface area (Å²) in [6.07, 6.45) is 0. The number of aromatic hydroxyl groups is 1. The van der Waals surface area contributed by atoms with E-state index in [1.165, 1.54) is 0 Å². The van der Waals surface area contributed by atoms with Crippen molar-refractivity contribution in [3.05, 3.63) is 109 Å². The molecule has 0 aliphatic carbocycles. The lowest BCUT2D eigenvalue weighted by Crippen LogP contribution is -2.11. The van der Waals surface area contributed by atoms with E-state index in [4.69, 9.17) is 9.40 Å². The molecule has 0 atom stereocenters. The topological polar surface area (TPSA) is 75.4 Å². The summed E-state index contributed by atoms with van der Waals surface area (Å²) in [5.74, 6) is 0.376. The Bertz CT molecular complexity index is 1480. The maximum atomic E-state index is 12.9. The number of phenols is 1. The third-order valence-corrected chi connectivity index (χ3v) is 5.79. The van der Waals surface area contributed by atoms with Crippen molar-refractivity contribution in [2.24, 2.45) is 0 Å². The largest absolute Gasteiger partial charge is 0.507 e. The second kappa shape index (κ2) is 9.29. The van der Waals surface area contributed by atoms with Crippen LogP contribution < -0.4 is 5.32 Å². The van der Waals surface area contributed by atoms with Crippen LogP contribution in [-0.4, -0.2) is 16.0 Å². The van der Waals surface area contributed by atoms with Crippen molar-refractivity contribution in [3.63, 3.8) is 0 Å². The maximum absolute atomic E-state index is 12.9. The molecule has 4 aromatic carbocycles. The van der Waals surface area contributed by atoms with Gasteiger partial charge in [0.05, 0.1) is 0 Å². The molecule has 0 saturated heterocycles. The first-order valence-electron chi connectivity index (χ1n) is 10.6. The number of oxazole rings is 1. The summed E-state index contributed by atoms with van der Waals surface area (Å²) in [7, 11) is 0. The zero-order valence-electron chi connectivity index (χ0n) is 18.0. The minimum Gasteiger partial charge on any atom is -0.507 e. The maximum Gasteiger partial charge on any atom is 0.258 e. The predicted octanol–water partition coefficient (Wildman–Crippen LogP) is 6.92. The van der Waals surface area contributed by atoms with Crippen molar-refractivity contribution < 1.29 is 14.3 Å². The number of nitrogens with zero attached hydrogens (tertiary/aromatic N) is 1. The number of aromatic nitrogens is 1. The number of carbonyl (C=O) groups is 1. The van der Waals surface area contributed by atoms with Crippen molar-refractivity contribution in [3.8, 4) is 39.6 Å². The Morgan fingerprint density at radius 1 is 0.735 bits per heavy atom. The number of thiol groups is 1. The van der Waals surface area contributed by atoms with Gasteiger partial charge in [0.2, 0.25) is 11.8 Å². The Kier molecular flexibility index (Phi) is 5.89. The summed E-state index contributed by atoms with van der Waals surface area (Å²) in [5.41, 5.74) is 3.79. The van der Waals surface area contributed by atoms with Crippen LogP contribution >= 0.6 is 12.6 Å². The third-order valence-electron chi connectivity index (χ3n) is 5.40. The van der Waals surface area contributed by atoms with Gasteiger partial charge in [-0.2, -0.15) is 0 Å². The normalized spacial score (nSPS) is 10.7. The van der Waals surface area contributed by atoms with Gasteiger partial charge < -0.3 is 9.52 Å². The van der Waals surface area contributed by atoms with Crippen molar-refractivity contribution in [1.29, 1.82) is 0 Å². The summed E-state index contributed by atoms with van der Waals surface area (Å²) in [6.45, 7) is 0. The summed E-state index contributed by atoms with van der Waals surface area (Å²) in [5, 5.41) is 13.3. The first-order chi connectivity index (χ1) is 16.6. The van der Waals surface area contributed by atoms with Crippen LogP contribution in [0.1, 0.15) is 10.4 Å². The Labute approximate surface area is 202 Å². The molecule has 2 N–H and O–H groups in total. The lowest BCUT2D eigenvalue weighted by molar-refractivity contribution is 0.102. The molecule has 0 radical (unpaired) electrons. The monoisotopic (exact) mass is 464 g/mol. The van der Waals surface area contributed by atoms with E-state index in [-0.39, 0.29) is 17.5 Å². The van der Waals surface area contributed by atoms with E-state index in [1.807, 2.05) is 66.7 Å². The molecule has 0 aliphatic heterocycles. The smallest absolute Gasteiger partial charge is 0.258 e. The number of carbonyl (C=O) groups excluding carboxylic acids is 1. The van der Waals surface area contributed by atoms with E-state index in [2.05, 4.69) is 17.9 Å². The number of hydrogen-bond donors (Lipinski definition) is 3. The van der Waals surface area contributed by atoms with Crippen LogP contribution in [-0.2, 0) is 0 Å². The molecular formula is C28H20N2O3S. The molecule has 6 heteroatoms. The van der Waals surface area contributed by atoms with Gasteiger partial charge in [-0.05, 0) is 35.9 Å². The Balaban J connectivity index is 1.65. The minimum absolute atomic E-state index is 0.153. The highest BCUT2D eigenvalue weighted by atomic mass is 32.1. The van der Waals surface area contributed by atoms with Crippen LogP contribution in [0.4, 0.5) is 5.88 Å². The number of amides is 1. The van der Waals surface area contributed by atoms with Crippen molar-refractivity contribution in [1.82, 2.24) is 4.98 Å². The summed E-state index contributed by atoms with van der Waals surface area (Å²) < 4.78 is 6.15. The molecular weight excluding hydrogens is 444 g/mol. The fraction of sp³-hybridized carbons (Fsp3) is 0. The van der Waals surface area contributed by atoms with E-state index in [0.717, 1.165) is 11.1 Å². The molecule has 5 aromatic rings. The van der Waals surface area contributed by atoms with Gasteiger partial charge in [-0.15, -0.1) is 12.6 Å². The van der Waals surface area contributed by atoms with E-state index in [1.54, 1.807) is 36.4 Å². The average Bonchev–Trinajstić information content (AvgIpc) is 3.28. The highest BCUT2D eigenvalue weighted by Gasteiger charge is 2.22. The average molecular weight is 465 g/mol. The highest BCUT2D eigenvalue weighted by molar-refractivity contribution is 7.80. The molecule has 0 fully saturated rings. The van der Waals surface area contributed by atoms with E-state index >= 15 is 0 Å². The molecule has 1 aromatic heterocycles. The molecule has 1 heterocycles. The van der Waals surface area contributed by atoms with Crippen LogP contribution in [0.5, 0.6) is 5.75 Å². The van der Waals surface area contributed by atoms with Gasteiger partial charge in [0.1, 0.15) is 11.4 Å². The van der Waals surface area contributed by atoms with Gasteiger partial charge in [0.15, 0.2) is 0 Å². The number of benzene rings is 4. The second-order valence-corrected chi connectivity index (χ2v) is 8.08. The quantitative estimate of drug-likeness (QED) is 0.247. The number of rotatable bonds is 5. The van der Waals surface area contributed by atoms with Crippen LogP contribution in [0.15, 0.2) is 112 Å². The molecule has 5 nitrogen and oxygen atoms in total. The summed E-state index contributed by atoms with van der Waals surface area (Å²) >= 11 is 4.58. The second-order valence-electron chi connectivity index (χ2n) is 7.60. The number of phenolic OH excluding ortho intramolecular Hbond substituents is 1. The molecule has 5 rings (SSSR count). The molecule has 0 saturated carbocycles. The molecule has 0 spiro atoms. The summed E-state index contributed by atoms with van der Waals surface area (Å²) in [6, 6.07) is 31.0. The summed E-state index contributed by atoms with van der Waals surface area (Å²) in [4.78, 5) is 18.4. The standard InChI is InChI=1S/C28H20N2O3S/c31-23-16-8-6-13-20(23)19-12-4-5-14-21(19)27-29-25(22-15-7-9-17-24(22)34)28(33-27)30-26(32)18-10-2-1-3-11-18/h1-17,31,34H,(H,30,32). The van der Waals surface area contributed by atoms with Crippen LogP contribution in [0.3, 0.4) is 0 Å². The van der Waals surface area contributed by atoms with Crippen molar-refractivity contribution >= 4 is 24.4 Å². The van der Waals surface area contributed by atoms with Crippen molar-refractivity contribution in [2.75, 3.05) is 5.32 Å². The van der Waals surface area contributed by atoms with Gasteiger partial charge in [0.25, 0.3) is 5.91 Å². The van der Waals surface area contributed by atoms with Gasteiger partial charge in [0, 0.05) is 27.1 Å². The predicted molar refractivity (Wildman–Crippen MR) is 136 cm³/mol. The van der Waals surface area contributed by atoms with E-state index in [0.29, 0.717) is 33.2 Å². The first-order valence-corrected chi connectivity index (χ1v) is 11.1. The Morgan fingerprint density at radius 3 is 2.03 bits per heavy atom. The number of anilines is 1. The lowest BCUT2D eigenvalue weighted by atomic mass is 9.99. The molecule has 34 heavy (non-hydrogen) atoms. The number of nitrogens with one attached hydrogen (secondary N) is 1. The minimum atomic E-state index is -0.310. The SMILES string of the molecule is O=C(Nc1oc(-c2ccccc2-c2ccccc2O)nc1-c1ccccc1S)c1ccccc1. The zero-order valence-corrected chi connectivity index (χ0v) is 18.9. The number of hydrogen-bond acceptors (Lipinski definition) is 5. The van der Waals surface area contributed by atoms with Crippen LogP contribution in [0.25, 0.3) is 33.8 Å². The van der Waals surface area contributed by atoms with Crippen LogP contribution in [0, 0.1) is 0 Å².